The fourth-order valence-electron chi connectivity index (χ4n) is 2.07. The Hall–Kier alpha value is -2.76. The van der Waals surface area contributed by atoms with Gasteiger partial charge in [0.25, 0.3) is 5.56 Å². The maximum Gasteiger partial charge on any atom is 0.250 e. The number of hydrogen-bond acceptors (Lipinski definition) is 4. The van der Waals surface area contributed by atoms with E-state index in [0.29, 0.717) is 30.4 Å². The lowest BCUT2D eigenvalue weighted by atomic mass is 10.2. The number of carbonyl (C=O) groups is 1. The van der Waals surface area contributed by atoms with Gasteiger partial charge in [0.2, 0.25) is 5.91 Å². The predicted molar refractivity (Wildman–Crippen MR) is 76.8 cm³/mol. The second-order valence-electron chi connectivity index (χ2n) is 4.57. The van der Waals surface area contributed by atoms with E-state index in [4.69, 9.17) is 9.47 Å². The number of carbonyl (C=O) groups excluding carboxylic acids is 1. The minimum atomic E-state index is -0.278. The van der Waals surface area contributed by atoms with Crippen LogP contribution in [0.3, 0.4) is 0 Å². The molecule has 0 bridgehead atoms. The van der Waals surface area contributed by atoms with Crippen LogP contribution in [0.1, 0.15) is 0 Å². The number of ether oxygens (including phenoxy) is 2. The molecule has 1 amide bonds. The summed E-state index contributed by atoms with van der Waals surface area (Å²) in [6, 6.07) is 9.95. The number of amides is 1. The molecular weight excluding hydrogens is 272 g/mol. The largest absolute Gasteiger partial charge is 0.486 e. The molecule has 0 unspecified atom stereocenters. The van der Waals surface area contributed by atoms with E-state index < -0.39 is 0 Å². The Morgan fingerprint density at radius 2 is 1.95 bits per heavy atom. The number of nitrogens with zero attached hydrogens (tertiary/aromatic N) is 1. The van der Waals surface area contributed by atoms with Crippen LogP contribution in [0.25, 0.3) is 0 Å². The third kappa shape index (κ3) is 3.05. The molecule has 6 heteroatoms. The van der Waals surface area contributed by atoms with E-state index in [-0.39, 0.29) is 18.0 Å². The summed E-state index contributed by atoms with van der Waals surface area (Å²) < 4.78 is 12.2. The van der Waals surface area contributed by atoms with Crippen LogP contribution in [0.4, 0.5) is 5.69 Å². The Bertz CT molecular complexity index is 724. The van der Waals surface area contributed by atoms with Crippen LogP contribution >= 0.6 is 0 Å². The van der Waals surface area contributed by atoms with Crippen molar-refractivity contribution >= 4 is 11.6 Å². The molecule has 2 heterocycles. The summed E-state index contributed by atoms with van der Waals surface area (Å²) in [5, 5.41) is 2.73. The molecule has 0 saturated carbocycles. The van der Waals surface area contributed by atoms with Crippen molar-refractivity contribution in [2.24, 2.45) is 0 Å². The van der Waals surface area contributed by atoms with Crippen molar-refractivity contribution in [2.45, 2.75) is 6.54 Å². The van der Waals surface area contributed by atoms with E-state index in [1.54, 1.807) is 36.5 Å². The normalized spacial score (nSPS) is 12.8. The molecule has 0 radical (unpaired) electrons. The molecule has 2 aromatic rings. The monoisotopic (exact) mass is 286 g/mol. The molecule has 6 nitrogen and oxygen atoms in total. The zero-order chi connectivity index (χ0) is 14.7. The lowest BCUT2D eigenvalue weighted by Gasteiger charge is -2.19. The number of anilines is 1. The first-order valence-corrected chi connectivity index (χ1v) is 6.57. The summed E-state index contributed by atoms with van der Waals surface area (Å²) in [6.07, 6.45) is 1.58. The van der Waals surface area contributed by atoms with Gasteiger partial charge in [-0.15, -0.1) is 0 Å². The van der Waals surface area contributed by atoms with Crippen LogP contribution in [0, 0.1) is 0 Å². The molecule has 1 aromatic carbocycles. The van der Waals surface area contributed by atoms with Gasteiger partial charge in [-0.3, -0.25) is 9.59 Å². The Morgan fingerprint density at radius 3 is 2.76 bits per heavy atom. The van der Waals surface area contributed by atoms with Gasteiger partial charge in [-0.1, -0.05) is 6.07 Å². The first kappa shape index (κ1) is 13.2. The average Bonchev–Trinajstić information content (AvgIpc) is 2.49. The number of rotatable bonds is 3. The van der Waals surface area contributed by atoms with E-state index in [1.165, 1.54) is 10.6 Å². The van der Waals surface area contributed by atoms with Gasteiger partial charge in [0, 0.05) is 24.0 Å². The highest BCUT2D eigenvalue weighted by Crippen LogP contribution is 2.32. The number of fused-ring (bicyclic) bond motifs is 1. The van der Waals surface area contributed by atoms with Gasteiger partial charge in [-0.2, -0.15) is 0 Å². The third-order valence-corrected chi connectivity index (χ3v) is 3.04. The second-order valence-corrected chi connectivity index (χ2v) is 4.57. The highest BCUT2D eigenvalue weighted by molar-refractivity contribution is 5.90. The summed E-state index contributed by atoms with van der Waals surface area (Å²) >= 11 is 0. The standard InChI is InChI=1S/C15H14N2O4/c18-14(10-17-6-2-1-3-15(17)19)16-11-4-5-12-13(9-11)21-8-7-20-12/h1-6,9H,7-8,10H2,(H,16,18). The molecule has 1 aromatic heterocycles. The summed E-state index contributed by atoms with van der Waals surface area (Å²) in [4.78, 5) is 23.5. The summed E-state index contributed by atoms with van der Waals surface area (Å²) in [6.45, 7) is 0.980. The molecule has 0 saturated heterocycles. The average molecular weight is 286 g/mol. The van der Waals surface area contributed by atoms with Crippen LogP contribution < -0.4 is 20.3 Å². The van der Waals surface area contributed by atoms with E-state index in [9.17, 15) is 9.59 Å². The Kier molecular flexibility index (Phi) is 3.59. The fourth-order valence-corrected chi connectivity index (χ4v) is 2.07. The maximum atomic E-state index is 12.0. The molecule has 3 rings (SSSR count). The van der Waals surface area contributed by atoms with E-state index in [0.717, 1.165) is 0 Å². The minimum Gasteiger partial charge on any atom is -0.486 e. The topological polar surface area (TPSA) is 69.6 Å². The number of benzene rings is 1. The highest BCUT2D eigenvalue weighted by atomic mass is 16.6. The van der Waals surface area contributed by atoms with E-state index >= 15 is 0 Å². The Balaban J connectivity index is 1.70. The molecule has 0 fully saturated rings. The second kappa shape index (κ2) is 5.70. The SMILES string of the molecule is O=C(Cn1ccccc1=O)Nc1ccc2c(c1)OCCO2. The first-order chi connectivity index (χ1) is 10.2. The Labute approximate surface area is 120 Å². The molecule has 0 spiro atoms. The number of pyridine rings is 1. The summed E-state index contributed by atoms with van der Waals surface area (Å²) in [7, 11) is 0. The lowest BCUT2D eigenvalue weighted by Crippen LogP contribution is -2.26. The Morgan fingerprint density at radius 1 is 1.14 bits per heavy atom. The molecule has 0 atom stereocenters. The fraction of sp³-hybridized carbons (Fsp3) is 0.200. The van der Waals surface area contributed by atoms with Crippen molar-refractivity contribution in [1.29, 1.82) is 0 Å². The van der Waals surface area contributed by atoms with Gasteiger partial charge in [0.15, 0.2) is 11.5 Å². The van der Waals surface area contributed by atoms with Crippen molar-refractivity contribution in [2.75, 3.05) is 18.5 Å². The zero-order valence-corrected chi connectivity index (χ0v) is 11.2. The number of hydrogen-bond donors (Lipinski definition) is 1. The first-order valence-electron chi connectivity index (χ1n) is 6.57. The van der Waals surface area contributed by atoms with Crippen LogP contribution in [0.2, 0.25) is 0 Å². The van der Waals surface area contributed by atoms with E-state index in [2.05, 4.69) is 5.32 Å². The third-order valence-electron chi connectivity index (χ3n) is 3.04. The molecule has 108 valence electrons. The minimum absolute atomic E-state index is 0.0336. The smallest absolute Gasteiger partial charge is 0.250 e. The zero-order valence-electron chi connectivity index (χ0n) is 11.2. The van der Waals surface area contributed by atoms with Gasteiger partial charge < -0.3 is 19.4 Å². The van der Waals surface area contributed by atoms with Crippen molar-refractivity contribution < 1.29 is 14.3 Å². The highest BCUT2D eigenvalue weighted by Gasteiger charge is 2.13. The van der Waals surface area contributed by atoms with Crippen LogP contribution in [0.15, 0.2) is 47.4 Å². The van der Waals surface area contributed by atoms with Gasteiger partial charge in [-0.05, 0) is 18.2 Å². The quantitative estimate of drug-likeness (QED) is 0.922. The lowest BCUT2D eigenvalue weighted by molar-refractivity contribution is -0.116. The molecule has 1 N–H and O–H groups in total. The molecule has 0 aliphatic carbocycles. The van der Waals surface area contributed by atoms with Crippen molar-refractivity contribution in [3.05, 3.63) is 52.9 Å². The number of nitrogens with one attached hydrogen (secondary N) is 1. The van der Waals surface area contributed by atoms with Crippen LogP contribution in [0.5, 0.6) is 11.5 Å². The van der Waals surface area contributed by atoms with Crippen molar-refractivity contribution in [1.82, 2.24) is 4.57 Å². The van der Waals surface area contributed by atoms with Crippen LogP contribution in [-0.4, -0.2) is 23.7 Å². The maximum absolute atomic E-state index is 12.0. The van der Waals surface area contributed by atoms with Gasteiger partial charge >= 0.3 is 0 Å². The van der Waals surface area contributed by atoms with Gasteiger partial charge in [0.05, 0.1) is 0 Å². The van der Waals surface area contributed by atoms with Gasteiger partial charge in [0.1, 0.15) is 19.8 Å². The van der Waals surface area contributed by atoms with E-state index in [1.807, 2.05) is 0 Å². The molecule has 21 heavy (non-hydrogen) atoms. The molecule has 1 aliphatic rings. The van der Waals surface area contributed by atoms with Crippen molar-refractivity contribution in [3.63, 3.8) is 0 Å². The predicted octanol–water partition coefficient (Wildman–Crippen LogP) is 1.26. The van der Waals surface area contributed by atoms with Crippen molar-refractivity contribution in [3.8, 4) is 11.5 Å². The molecular formula is C15H14N2O4. The summed E-state index contributed by atoms with van der Waals surface area (Å²) in [5.41, 5.74) is 0.392. The van der Waals surface area contributed by atoms with Gasteiger partial charge in [-0.25, -0.2) is 0 Å². The number of aromatic nitrogens is 1. The summed E-state index contributed by atoms with van der Waals surface area (Å²) in [5.74, 6) is 0.995. The van der Waals surface area contributed by atoms with Crippen LogP contribution in [-0.2, 0) is 11.3 Å². The molecule has 1 aliphatic heterocycles.